The first kappa shape index (κ1) is 20.2. The van der Waals surface area contributed by atoms with Crippen LogP contribution in [-0.2, 0) is 6.54 Å². The molecule has 0 saturated heterocycles. The lowest BCUT2D eigenvalue weighted by Crippen LogP contribution is -2.24. The van der Waals surface area contributed by atoms with Crippen molar-refractivity contribution in [1.82, 2.24) is 9.55 Å². The summed E-state index contributed by atoms with van der Waals surface area (Å²) in [5, 5.41) is 2.55. The molecular weight excluding hydrogens is 392 g/mol. The molecule has 0 aliphatic carbocycles. The van der Waals surface area contributed by atoms with Crippen molar-refractivity contribution in [3.8, 4) is 11.1 Å². The lowest BCUT2D eigenvalue weighted by atomic mass is 9.99. The second-order valence-electron chi connectivity index (χ2n) is 8.01. The van der Waals surface area contributed by atoms with Gasteiger partial charge in [0.2, 0.25) is 0 Å². The molecule has 5 heteroatoms. The molecule has 4 rings (SSSR count). The maximum atomic E-state index is 13.2. The van der Waals surface area contributed by atoms with E-state index in [1.165, 1.54) is 27.8 Å². The molecule has 0 unspecified atom stereocenters. The summed E-state index contributed by atoms with van der Waals surface area (Å²) in [5.74, 6) is 0.355. The number of nitrogens with zero attached hydrogens (tertiary/aromatic N) is 2. The van der Waals surface area contributed by atoms with Crippen molar-refractivity contribution in [2.75, 3.05) is 0 Å². The molecule has 4 nitrogen and oxygen atoms in total. The highest BCUT2D eigenvalue weighted by molar-refractivity contribution is 7.17. The van der Waals surface area contributed by atoms with E-state index in [1.807, 2.05) is 49.6 Å². The normalized spacial score (nSPS) is 11.4. The zero-order valence-electron chi connectivity index (χ0n) is 17.6. The van der Waals surface area contributed by atoms with Crippen LogP contribution in [0.25, 0.3) is 21.3 Å². The Morgan fingerprint density at radius 2 is 1.80 bits per heavy atom. The molecule has 0 N–H and O–H groups in total. The van der Waals surface area contributed by atoms with Gasteiger partial charge >= 0.3 is 0 Å². The standard InChI is InChI=1S/C25H24N2O2S/c1-15(2)18-7-9-19(10-8-18)21-13-30-24-23(21)25(29)27(14-26-24)12-22(28)20-6-5-16(3)17(4)11-20/h5-11,13-15H,12H2,1-4H3. The van der Waals surface area contributed by atoms with Gasteiger partial charge in [-0.05, 0) is 48.1 Å². The fourth-order valence-electron chi connectivity index (χ4n) is 3.50. The molecule has 0 fully saturated rings. The predicted octanol–water partition coefficient (Wildman–Crippen LogP) is 5.75. The first-order valence-electron chi connectivity index (χ1n) is 10.0. The molecule has 0 bridgehead atoms. The van der Waals surface area contributed by atoms with Crippen LogP contribution in [0.2, 0.25) is 0 Å². The number of hydrogen-bond acceptors (Lipinski definition) is 4. The van der Waals surface area contributed by atoms with Gasteiger partial charge in [0.1, 0.15) is 4.83 Å². The molecule has 0 radical (unpaired) electrons. The molecule has 0 atom stereocenters. The fourth-order valence-corrected chi connectivity index (χ4v) is 4.41. The van der Waals surface area contributed by atoms with Crippen molar-refractivity contribution >= 4 is 27.3 Å². The topological polar surface area (TPSA) is 52.0 Å². The third-order valence-corrected chi connectivity index (χ3v) is 6.48. The summed E-state index contributed by atoms with van der Waals surface area (Å²) in [7, 11) is 0. The van der Waals surface area contributed by atoms with Crippen LogP contribution in [-0.4, -0.2) is 15.3 Å². The molecule has 30 heavy (non-hydrogen) atoms. The van der Waals surface area contributed by atoms with Crippen LogP contribution >= 0.6 is 11.3 Å². The zero-order valence-corrected chi connectivity index (χ0v) is 18.4. The van der Waals surface area contributed by atoms with Gasteiger partial charge in [-0.25, -0.2) is 4.98 Å². The number of Topliss-reactive ketones (excluding diaryl/α,β-unsaturated/α-hetero) is 1. The zero-order chi connectivity index (χ0) is 21.4. The molecule has 2 heterocycles. The van der Waals surface area contributed by atoms with E-state index in [1.54, 1.807) is 0 Å². The Kier molecular flexibility index (Phi) is 5.39. The van der Waals surface area contributed by atoms with E-state index in [9.17, 15) is 9.59 Å². The maximum Gasteiger partial charge on any atom is 0.263 e. The minimum absolute atomic E-state index is 0.0220. The Hall–Kier alpha value is -3.05. The highest BCUT2D eigenvalue weighted by Crippen LogP contribution is 2.31. The van der Waals surface area contributed by atoms with Gasteiger partial charge in [0.05, 0.1) is 18.3 Å². The summed E-state index contributed by atoms with van der Waals surface area (Å²) < 4.78 is 1.42. The van der Waals surface area contributed by atoms with Gasteiger partial charge < -0.3 is 0 Å². The van der Waals surface area contributed by atoms with Gasteiger partial charge in [0.15, 0.2) is 5.78 Å². The van der Waals surface area contributed by atoms with Crippen LogP contribution in [0.4, 0.5) is 0 Å². The Labute approximate surface area is 179 Å². The second-order valence-corrected chi connectivity index (χ2v) is 8.86. The number of aryl methyl sites for hydroxylation is 2. The Morgan fingerprint density at radius 3 is 2.47 bits per heavy atom. The van der Waals surface area contributed by atoms with E-state index < -0.39 is 0 Å². The molecular formula is C25H24N2O2S. The number of thiophene rings is 1. The van der Waals surface area contributed by atoms with E-state index in [0.717, 1.165) is 22.3 Å². The molecule has 0 aliphatic rings. The summed E-state index contributed by atoms with van der Waals surface area (Å²) in [6, 6.07) is 13.9. The molecule has 0 amide bonds. The number of carbonyl (C=O) groups is 1. The number of hydrogen-bond donors (Lipinski definition) is 0. The highest BCUT2D eigenvalue weighted by Gasteiger charge is 2.16. The van der Waals surface area contributed by atoms with Gasteiger partial charge in [-0.3, -0.25) is 14.2 Å². The SMILES string of the molecule is Cc1ccc(C(=O)Cn2cnc3scc(-c4ccc(C(C)C)cc4)c3c2=O)cc1C. The van der Waals surface area contributed by atoms with Gasteiger partial charge in [-0.1, -0.05) is 50.2 Å². The first-order chi connectivity index (χ1) is 14.3. The first-order valence-corrected chi connectivity index (χ1v) is 10.9. The second kappa shape index (κ2) is 8.00. The quantitative estimate of drug-likeness (QED) is 0.389. The number of benzene rings is 2. The van der Waals surface area contributed by atoms with Gasteiger partial charge in [-0.15, -0.1) is 11.3 Å². The molecule has 0 saturated carbocycles. The van der Waals surface area contributed by atoms with Gasteiger partial charge in [0.25, 0.3) is 5.56 Å². The van der Waals surface area contributed by atoms with Crippen LogP contribution in [0, 0.1) is 13.8 Å². The Balaban J connectivity index is 1.71. The van der Waals surface area contributed by atoms with E-state index >= 15 is 0 Å². The minimum atomic E-state index is -0.179. The predicted molar refractivity (Wildman–Crippen MR) is 124 cm³/mol. The number of rotatable bonds is 5. The summed E-state index contributed by atoms with van der Waals surface area (Å²) >= 11 is 1.45. The van der Waals surface area contributed by atoms with Crippen LogP contribution in [0.3, 0.4) is 0 Å². The maximum absolute atomic E-state index is 13.2. The fraction of sp³-hybridized carbons (Fsp3) is 0.240. The van der Waals surface area contributed by atoms with Gasteiger partial charge in [-0.2, -0.15) is 0 Å². The molecule has 152 valence electrons. The van der Waals surface area contributed by atoms with Crippen molar-refractivity contribution in [3.63, 3.8) is 0 Å². The average Bonchev–Trinajstić information content (AvgIpc) is 3.17. The van der Waals surface area contributed by atoms with Crippen LogP contribution in [0.5, 0.6) is 0 Å². The summed E-state index contributed by atoms with van der Waals surface area (Å²) in [4.78, 5) is 31.1. The van der Waals surface area contributed by atoms with Crippen molar-refractivity contribution < 1.29 is 4.79 Å². The monoisotopic (exact) mass is 416 g/mol. The van der Waals surface area contributed by atoms with Crippen molar-refractivity contribution in [1.29, 1.82) is 0 Å². The Bertz CT molecular complexity index is 1300. The van der Waals surface area contributed by atoms with Gasteiger partial charge in [0, 0.05) is 16.5 Å². The number of fused-ring (bicyclic) bond motifs is 1. The van der Waals surface area contributed by atoms with E-state index in [4.69, 9.17) is 0 Å². The minimum Gasteiger partial charge on any atom is -0.292 e. The molecule has 4 aromatic rings. The van der Waals surface area contributed by atoms with Crippen LogP contribution in [0.1, 0.15) is 46.8 Å². The summed E-state index contributed by atoms with van der Waals surface area (Å²) in [6.45, 7) is 8.28. The highest BCUT2D eigenvalue weighted by atomic mass is 32.1. The van der Waals surface area contributed by atoms with Crippen molar-refractivity contribution in [3.05, 3.63) is 86.8 Å². The molecule has 0 spiro atoms. The third-order valence-electron chi connectivity index (χ3n) is 5.59. The molecule has 0 aliphatic heterocycles. The average molecular weight is 417 g/mol. The lowest BCUT2D eigenvalue weighted by molar-refractivity contribution is 0.0970. The van der Waals surface area contributed by atoms with E-state index in [2.05, 4.69) is 31.0 Å². The number of aromatic nitrogens is 2. The van der Waals surface area contributed by atoms with Crippen LogP contribution in [0.15, 0.2) is 59.0 Å². The summed E-state index contributed by atoms with van der Waals surface area (Å²) in [5.41, 5.74) is 5.75. The Morgan fingerprint density at radius 1 is 1.07 bits per heavy atom. The third kappa shape index (κ3) is 3.73. The van der Waals surface area contributed by atoms with E-state index in [-0.39, 0.29) is 17.9 Å². The van der Waals surface area contributed by atoms with Crippen LogP contribution < -0.4 is 5.56 Å². The smallest absolute Gasteiger partial charge is 0.263 e. The van der Waals surface area contributed by atoms with Crippen molar-refractivity contribution in [2.45, 2.75) is 40.2 Å². The van der Waals surface area contributed by atoms with E-state index in [0.29, 0.717) is 21.7 Å². The van der Waals surface area contributed by atoms with Crippen molar-refractivity contribution in [2.24, 2.45) is 0 Å². The lowest BCUT2D eigenvalue weighted by Gasteiger charge is -2.08. The number of carbonyl (C=O) groups excluding carboxylic acids is 1. The molecule has 2 aromatic carbocycles. The number of ketones is 1. The largest absolute Gasteiger partial charge is 0.292 e. The molecule has 2 aromatic heterocycles. The summed E-state index contributed by atoms with van der Waals surface area (Å²) in [6.07, 6.45) is 1.48.